The molecule has 1 heterocycles. The van der Waals surface area contributed by atoms with Crippen LogP contribution in [0.5, 0.6) is 11.6 Å². The van der Waals surface area contributed by atoms with E-state index in [9.17, 15) is 4.79 Å². The highest BCUT2D eigenvalue weighted by Crippen LogP contribution is 2.27. The summed E-state index contributed by atoms with van der Waals surface area (Å²) in [6.07, 6.45) is 2.05. The third kappa shape index (κ3) is 3.00. The van der Waals surface area contributed by atoms with Crippen LogP contribution in [-0.4, -0.2) is 21.3 Å². The molecular weight excluding hydrogens is 268 g/mol. The van der Waals surface area contributed by atoms with Gasteiger partial charge in [-0.25, -0.2) is 4.79 Å². The smallest absolute Gasteiger partial charge is 0.341 e. The zero-order valence-electron chi connectivity index (χ0n) is 10.1. The molecular formula is C13H11ClN2O3. The molecule has 2 rings (SSSR count). The van der Waals surface area contributed by atoms with E-state index in [0.29, 0.717) is 10.8 Å². The van der Waals surface area contributed by atoms with Gasteiger partial charge >= 0.3 is 5.97 Å². The summed E-state index contributed by atoms with van der Waals surface area (Å²) in [5.74, 6) is -0.682. The minimum Gasteiger partial charge on any atom is -0.477 e. The van der Waals surface area contributed by atoms with Gasteiger partial charge in [-0.1, -0.05) is 18.5 Å². The van der Waals surface area contributed by atoms with E-state index in [1.807, 2.05) is 6.92 Å². The predicted molar refractivity (Wildman–Crippen MR) is 69.9 cm³/mol. The van der Waals surface area contributed by atoms with Gasteiger partial charge in [0.1, 0.15) is 11.3 Å². The molecule has 0 saturated carbocycles. The molecule has 98 valence electrons. The number of ether oxygens (including phenoxy) is 1. The van der Waals surface area contributed by atoms with E-state index < -0.39 is 5.97 Å². The monoisotopic (exact) mass is 278 g/mol. The zero-order chi connectivity index (χ0) is 13.8. The fourth-order valence-electron chi connectivity index (χ4n) is 1.55. The van der Waals surface area contributed by atoms with E-state index in [1.165, 1.54) is 12.3 Å². The Hall–Kier alpha value is -2.14. The van der Waals surface area contributed by atoms with Gasteiger partial charge in [0.05, 0.1) is 6.20 Å². The zero-order valence-corrected chi connectivity index (χ0v) is 10.9. The number of hydrogen-bond donors (Lipinski definition) is 1. The number of hydrogen-bond acceptors (Lipinski definition) is 4. The number of aromatic carboxylic acids is 1. The first-order valence-electron chi connectivity index (χ1n) is 5.63. The lowest BCUT2D eigenvalue weighted by molar-refractivity contribution is 0.0693. The van der Waals surface area contributed by atoms with Gasteiger partial charge in [0.15, 0.2) is 0 Å². The molecule has 0 atom stereocenters. The maximum absolute atomic E-state index is 11.0. The van der Waals surface area contributed by atoms with Crippen LogP contribution < -0.4 is 4.74 Å². The van der Waals surface area contributed by atoms with Crippen molar-refractivity contribution >= 4 is 17.6 Å². The summed E-state index contributed by atoms with van der Waals surface area (Å²) in [6, 6.07) is 6.44. The van der Waals surface area contributed by atoms with Gasteiger partial charge in [-0.15, -0.1) is 5.10 Å². The van der Waals surface area contributed by atoms with Gasteiger partial charge in [0.2, 0.25) is 0 Å². The summed E-state index contributed by atoms with van der Waals surface area (Å²) in [6.45, 7) is 1.97. The van der Waals surface area contributed by atoms with Gasteiger partial charge in [-0.2, -0.15) is 5.10 Å². The number of carboxylic acids is 1. The Morgan fingerprint density at radius 3 is 2.89 bits per heavy atom. The van der Waals surface area contributed by atoms with E-state index in [2.05, 4.69) is 10.2 Å². The topological polar surface area (TPSA) is 72.3 Å². The second-order valence-electron chi connectivity index (χ2n) is 3.76. The van der Waals surface area contributed by atoms with Crippen molar-refractivity contribution in [2.24, 2.45) is 0 Å². The molecule has 1 N–H and O–H groups in total. The van der Waals surface area contributed by atoms with Crippen LogP contribution in [0.3, 0.4) is 0 Å². The summed E-state index contributed by atoms with van der Waals surface area (Å²) in [7, 11) is 0. The Morgan fingerprint density at radius 2 is 2.21 bits per heavy atom. The number of halogens is 1. The third-order valence-electron chi connectivity index (χ3n) is 2.53. The molecule has 0 bridgehead atoms. The van der Waals surface area contributed by atoms with Gasteiger partial charge in [0.25, 0.3) is 5.88 Å². The van der Waals surface area contributed by atoms with E-state index in [-0.39, 0.29) is 11.4 Å². The Bertz CT molecular complexity index is 617. The van der Waals surface area contributed by atoms with Crippen molar-refractivity contribution < 1.29 is 14.6 Å². The van der Waals surface area contributed by atoms with Crippen LogP contribution in [0, 0.1) is 0 Å². The van der Waals surface area contributed by atoms with E-state index in [4.69, 9.17) is 21.4 Å². The summed E-state index contributed by atoms with van der Waals surface area (Å²) < 4.78 is 5.46. The largest absolute Gasteiger partial charge is 0.477 e. The van der Waals surface area contributed by atoms with Gasteiger partial charge < -0.3 is 9.84 Å². The van der Waals surface area contributed by atoms with Crippen LogP contribution in [0.1, 0.15) is 22.8 Å². The lowest BCUT2D eigenvalue weighted by Crippen LogP contribution is -2.03. The first-order valence-corrected chi connectivity index (χ1v) is 6.01. The van der Waals surface area contributed by atoms with E-state index in [1.54, 1.807) is 18.2 Å². The van der Waals surface area contributed by atoms with Crippen molar-refractivity contribution in [3.05, 3.63) is 46.6 Å². The molecule has 0 saturated heterocycles. The molecule has 6 heteroatoms. The van der Waals surface area contributed by atoms with Crippen LogP contribution in [0.15, 0.2) is 30.5 Å². The molecule has 0 radical (unpaired) electrons. The van der Waals surface area contributed by atoms with Crippen molar-refractivity contribution in [2.45, 2.75) is 13.3 Å². The molecule has 19 heavy (non-hydrogen) atoms. The van der Waals surface area contributed by atoms with Crippen LogP contribution in [-0.2, 0) is 6.42 Å². The second kappa shape index (κ2) is 5.67. The lowest BCUT2D eigenvalue weighted by Gasteiger charge is -2.08. The van der Waals surface area contributed by atoms with Crippen LogP contribution in [0.4, 0.5) is 0 Å². The highest BCUT2D eigenvalue weighted by atomic mass is 35.5. The van der Waals surface area contributed by atoms with Crippen LogP contribution >= 0.6 is 11.6 Å². The fourth-order valence-corrected chi connectivity index (χ4v) is 1.81. The molecule has 1 aromatic carbocycles. The highest BCUT2D eigenvalue weighted by molar-refractivity contribution is 6.31. The van der Waals surface area contributed by atoms with Gasteiger partial charge in [-0.3, -0.25) is 0 Å². The van der Waals surface area contributed by atoms with E-state index in [0.717, 1.165) is 12.0 Å². The molecule has 0 aliphatic heterocycles. The number of carbonyl (C=O) groups is 1. The molecule has 0 unspecified atom stereocenters. The molecule has 2 aromatic rings. The quantitative estimate of drug-likeness (QED) is 0.930. The number of aromatic nitrogens is 2. The Balaban J connectivity index is 2.34. The Morgan fingerprint density at radius 1 is 1.42 bits per heavy atom. The van der Waals surface area contributed by atoms with Gasteiger partial charge in [-0.05, 0) is 36.2 Å². The predicted octanol–water partition coefficient (Wildman–Crippen LogP) is 3.18. The molecule has 0 amide bonds. The maximum atomic E-state index is 11.0. The van der Waals surface area contributed by atoms with Crippen molar-refractivity contribution in [1.82, 2.24) is 10.2 Å². The van der Waals surface area contributed by atoms with Crippen LogP contribution in [0.25, 0.3) is 0 Å². The number of rotatable bonds is 4. The van der Waals surface area contributed by atoms with E-state index >= 15 is 0 Å². The van der Waals surface area contributed by atoms with Crippen molar-refractivity contribution in [3.8, 4) is 11.6 Å². The van der Waals surface area contributed by atoms with Crippen molar-refractivity contribution in [3.63, 3.8) is 0 Å². The number of benzene rings is 1. The highest BCUT2D eigenvalue weighted by Gasteiger charge is 2.14. The molecule has 1 aromatic heterocycles. The molecule has 5 nitrogen and oxygen atoms in total. The summed E-state index contributed by atoms with van der Waals surface area (Å²) in [5, 5.41) is 17.0. The minimum absolute atomic E-state index is 0.0389. The van der Waals surface area contributed by atoms with Gasteiger partial charge in [0, 0.05) is 5.02 Å². The summed E-state index contributed by atoms with van der Waals surface area (Å²) in [5.41, 5.74) is 0.878. The SMILES string of the molecule is CCc1cc(Oc2nnccc2C(=O)O)ccc1Cl. The standard InChI is InChI=1S/C13H11ClN2O3/c1-2-8-7-9(3-4-11(8)14)19-12-10(13(17)18)5-6-15-16-12/h3-7H,2H2,1H3,(H,17,18). The summed E-state index contributed by atoms with van der Waals surface area (Å²) in [4.78, 5) is 11.0. The first-order chi connectivity index (χ1) is 9.11. The second-order valence-corrected chi connectivity index (χ2v) is 4.17. The first kappa shape index (κ1) is 13.3. The molecule has 0 aliphatic carbocycles. The third-order valence-corrected chi connectivity index (χ3v) is 2.90. The average Bonchev–Trinajstić information content (AvgIpc) is 2.41. The fraction of sp³-hybridized carbons (Fsp3) is 0.154. The number of aryl methyl sites for hydroxylation is 1. The number of nitrogens with zero attached hydrogens (tertiary/aromatic N) is 2. The number of carboxylic acid groups (broad SMARTS) is 1. The maximum Gasteiger partial charge on any atom is 0.341 e. The van der Waals surface area contributed by atoms with Crippen LogP contribution in [0.2, 0.25) is 5.02 Å². The minimum atomic E-state index is -1.12. The molecule has 0 aliphatic rings. The average molecular weight is 279 g/mol. The molecule has 0 spiro atoms. The molecule has 0 fully saturated rings. The van der Waals surface area contributed by atoms with Crippen molar-refractivity contribution in [1.29, 1.82) is 0 Å². The summed E-state index contributed by atoms with van der Waals surface area (Å²) >= 11 is 6.00. The lowest BCUT2D eigenvalue weighted by atomic mass is 10.1. The normalized spacial score (nSPS) is 10.2. The Kier molecular flexibility index (Phi) is 3.97. The Labute approximate surface area is 114 Å². The van der Waals surface area contributed by atoms with Crippen molar-refractivity contribution in [2.75, 3.05) is 0 Å².